The molecule has 1 aromatic carbocycles. The van der Waals surface area contributed by atoms with Crippen LogP contribution in [0.25, 0.3) is 5.69 Å². The van der Waals surface area contributed by atoms with Crippen LogP contribution in [0.3, 0.4) is 0 Å². The summed E-state index contributed by atoms with van der Waals surface area (Å²) >= 11 is 5.39. The SMILES string of the molecule is CC(=NNC(=S)N1CCC(C(=O)O)CC1)c1c(C)[nH]n(-c2ccc(C)c(C)c2)c1=O. The number of rotatable bonds is 4. The molecule has 0 atom stereocenters. The van der Waals surface area contributed by atoms with Crippen molar-refractivity contribution in [3.05, 3.63) is 50.9 Å². The molecular weight excluding hydrogens is 402 g/mol. The molecule has 160 valence electrons. The highest BCUT2D eigenvalue weighted by Crippen LogP contribution is 2.17. The van der Waals surface area contributed by atoms with Crippen LogP contribution in [0.2, 0.25) is 0 Å². The quantitative estimate of drug-likeness (QED) is 0.392. The number of piperidine rings is 1. The molecule has 0 spiro atoms. The van der Waals surface area contributed by atoms with Crippen LogP contribution in [0.5, 0.6) is 0 Å². The van der Waals surface area contributed by atoms with Crippen LogP contribution in [-0.4, -0.2) is 49.7 Å². The lowest BCUT2D eigenvalue weighted by Crippen LogP contribution is -2.44. The summed E-state index contributed by atoms with van der Waals surface area (Å²) in [6.45, 7) is 8.78. The van der Waals surface area contributed by atoms with Crippen molar-refractivity contribution in [3.63, 3.8) is 0 Å². The number of nitrogens with zero attached hydrogens (tertiary/aromatic N) is 3. The molecule has 1 aliphatic rings. The van der Waals surface area contributed by atoms with Gasteiger partial charge < -0.3 is 10.0 Å². The second kappa shape index (κ2) is 8.83. The van der Waals surface area contributed by atoms with E-state index in [9.17, 15) is 9.59 Å². The van der Waals surface area contributed by atoms with E-state index in [1.807, 2.05) is 43.9 Å². The van der Waals surface area contributed by atoms with Gasteiger partial charge in [-0.3, -0.25) is 20.1 Å². The third-order valence-electron chi connectivity index (χ3n) is 5.63. The maximum Gasteiger partial charge on any atom is 0.306 e. The molecule has 30 heavy (non-hydrogen) atoms. The number of hydrogen-bond acceptors (Lipinski definition) is 4. The van der Waals surface area contributed by atoms with Crippen LogP contribution in [0.4, 0.5) is 0 Å². The molecule has 0 bridgehead atoms. The number of carbonyl (C=O) groups is 1. The summed E-state index contributed by atoms with van der Waals surface area (Å²) in [5, 5.41) is 17.0. The average molecular weight is 430 g/mol. The van der Waals surface area contributed by atoms with Gasteiger partial charge in [0.25, 0.3) is 5.56 Å². The summed E-state index contributed by atoms with van der Waals surface area (Å²) in [4.78, 5) is 26.0. The van der Waals surface area contributed by atoms with Gasteiger partial charge in [0.15, 0.2) is 5.11 Å². The van der Waals surface area contributed by atoms with E-state index in [-0.39, 0.29) is 11.5 Å². The van der Waals surface area contributed by atoms with Crippen molar-refractivity contribution in [3.8, 4) is 5.69 Å². The van der Waals surface area contributed by atoms with E-state index in [1.165, 1.54) is 4.68 Å². The smallest absolute Gasteiger partial charge is 0.306 e. The zero-order valence-corrected chi connectivity index (χ0v) is 18.5. The molecule has 9 heteroatoms. The first kappa shape index (κ1) is 21.8. The lowest BCUT2D eigenvalue weighted by Gasteiger charge is -2.31. The highest BCUT2D eigenvalue weighted by atomic mass is 32.1. The third-order valence-corrected chi connectivity index (χ3v) is 5.98. The Morgan fingerprint density at radius 2 is 1.90 bits per heavy atom. The van der Waals surface area contributed by atoms with Crippen LogP contribution < -0.4 is 11.0 Å². The van der Waals surface area contributed by atoms with Gasteiger partial charge in [0.2, 0.25) is 0 Å². The molecule has 0 amide bonds. The zero-order valence-electron chi connectivity index (χ0n) is 17.7. The fraction of sp³-hybridized carbons (Fsp3) is 0.429. The Balaban J connectivity index is 1.74. The maximum atomic E-state index is 13.0. The summed E-state index contributed by atoms with van der Waals surface area (Å²) < 4.78 is 1.52. The van der Waals surface area contributed by atoms with Gasteiger partial charge in [0, 0.05) is 18.8 Å². The van der Waals surface area contributed by atoms with Gasteiger partial charge in [-0.25, -0.2) is 4.68 Å². The Bertz CT molecular complexity index is 1060. The van der Waals surface area contributed by atoms with Crippen LogP contribution in [0.15, 0.2) is 28.1 Å². The lowest BCUT2D eigenvalue weighted by molar-refractivity contribution is -0.143. The first-order valence-corrected chi connectivity index (χ1v) is 10.3. The van der Waals surface area contributed by atoms with Crippen molar-refractivity contribution in [2.45, 2.75) is 40.5 Å². The van der Waals surface area contributed by atoms with E-state index in [1.54, 1.807) is 6.92 Å². The van der Waals surface area contributed by atoms with E-state index in [0.29, 0.717) is 42.3 Å². The van der Waals surface area contributed by atoms with Gasteiger partial charge >= 0.3 is 5.97 Å². The van der Waals surface area contributed by atoms with E-state index < -0.39 is 5.97 Å². The molecule has 1 saturated heterocycles. The van der Waals surface area contributed by atoms with Gasteiger partial charge in [-0.1, -0.05) is 6.07 Å². The molecule has 1 aromatic heterocycles. The second-order valence-electron chi connectivity index (χ2n) is 7.73. The van der Waals surface area contributed by atoms with Gasteiger partial charge in [0.05, 0.1) is 22.9 Å². The van der Waals surface area contributed by atoms with Crippen LogP contribution >= 0.6 is 12.2 Å². The Hall–Kier alpha value is -2.94. The van der Waals surface area contributed by atoms with E-state index in [4.69, 9.17) is 17.3 Å². The Morgan fingerprint density at radius 3 is 2.50 bits per heavy atom. The average Bonchev–Trinajstić information content (AvgIpc) is 3.02. The third kappa shape index (κ3) is 4.46. The van der Waals surface area contributed by atoms with Crippen molar-refractivity contribution >= 4 is 29.0 Å². The second-order valence-corrected chi connectivity index (χ2v) is 8.12. The lowest BCUT2D eigenvalue weighted by atomic mass is 9.97. The standard InChI is InChI=1S/C21H27N5O3S/c1-12-5-6-17(11-13(12)2)26-19(27)18(15(4)24-26)14(3)22-23-21(30)25-9-7-16(8-10-25)20(28)29/h5-6,11,16,24H,7-10H2,1-4H3,(H,23,30)(H,28,29). The Kier molecular flexibility index (Phi) is 6.40. The van der Waals surface area contributed by atoms with Crippen molar-refractivity contribution in [1.29, 1.82) is 0 Å². The molecule has 2 heterocycles. The number of hydrazone groups is 1. The van der Waals surface area contributed by atoms with Crippen molar-refractivity contribution in [1.82, 2.24) is 20.1 Å². The summed E-state index contributed by atoms with van der Waals surface area (Å²) in [7, 11) is 0. The predicted molar refractivity (Wildman–Crippen MR) is 120 cm³/mol. The number of likely N-dealkylation sites (tertiary alicyclic amines) is 1. The molecule has 0 saturated carbocycles. The molecule has 0 unspecified atom stereocenters. The largest absolute Gasteiger partial charge is 0.481 e. The van der Waals surface area contributed by atoms with E-state index in [2.05, 4.69) is 15.6 Å². The van der Waals surface area contributed by atoms with E-state index >= 15 is 0 Å². The number of carboxylic acids is 1. The topological polar surface area (TPSA) is 103 Å². The minimum atomic E-state index is -0.759. The molecule has 3 N–H and O–H groups in total. The predicted octanol–water partition coefficient (Wildman–Crippen LogP) is 2.49. The zero-order chi connectivity index (χ0) is 22.0. The number of aromatic nitrogens is 2. The van der Waals surface area contributed by atoms with E-state index in [0.717, 1.165) is 22.5 Å². The van der Waals surface area contributed by atoms with Crippen molar-refractivity contribution in [2.75, 3.05) is 13.1 Å². The minimum absolute atomic E-state index is 0.174. The molecule has 0 aliphatic carbocycles. The molecule has 1 aliphatic heterocycles. The number of thiocarbonyl (C=S) groups is 1. The van der Waals surface area contributed by atoms with Crippen molar-refractivity contribution in [2.24, 2.45) is 11.0 Å². The number of hydrogen-bond donors (Lipinski definition) is 3. The number of nitrogens with one attached hydrogen (secondary N) is 2. The molecular formula is C21H27N5O3S. The number of benzene rings is 1. The summed E-state index contributed by atoms with van der Waals surface area (Å²) in [5.74, 6) is -1.08. The van der Waals surface area contributed by atoms with Gasteiger partial charge in [0.1, 0.15) is 0 Å². The number of aromatic amines is 1. The fourth-order valence-corrected chi connectivity index (χ4v) is 3.84. The normalized spacial score (nSPS) is 15.3. The maximum absolute atomic E-state index is 13.0. The number of carboxylic acid groups (broad SMARTS) is 1. The Labute approximate surface area is 180 Å². The fourth-order valence-electron chi connectivity index (χ4n) is 3.61. The molecule has 0 radical (unpaired) electrons. The molecule has 2 aromatic rings. The summed E-state index contributed by atoms with van der Waals surface area (Å²) in [5.41, 5.74) is 7.46. The highest BCUT2D eigenvalue weighted by molar-refractivity contribution is 7.80. The van der Waals surface area contributed by atoms with Crippen LogP contribution in [0, 0.1) is 26.7 Å². The van der Waals surface area contributed by atoms with Gasteiger partial charge in [-0.2, -0.15) is 5.10 Å². The molecule has 1 fully saturated rings. The Morgan fingerprint density at radius 1 is 1.23 bits per heavy atom. The van der Waals surface area contributed by atoms with Crippen molar-refractivity contribution < 1.29 is 9.90 Å². The monoisotopic (exact) mass is 429 g/mol. The first-order valence-electron chi connectivity index (χ1n) is 9.90. The number of aliphatic carboxylic acids is 1. The number of aryl methyl sites for hydroxylation is 3. The highest BCUT2D eigenvalue weighted by Gasteiger charge is 2.25. The molecule has 3 rings (SSSR count). The van der Waals surface area contributed by atoms with Crippen LogP contribution in [-0.2, 0) is 4.79 Å². The number of H-pyrrole nitrogens is 1. The summed E-state index contributed by atoms with van der Waals surface area (Å²) in [6, 6.07) is 5.86. The molecule has 8 nitrogen and oxygen atoms in total. The van der Waals surface area contributed by atoms with Gasteiger partial charge in [-0.15, -0.1) is 0 Å². The summed E-state index contributed by atoms with van der Waals surface area (Å²) in [6.07, 6.45) is 1.11. The van der Waals surface area contributed by atoms with Crippen LogP contribution in [0.1, 0.15) is 42.1 Å². The first-order chi connectivity index (χ1) is 14.2. The van der Waals surface area contributed by atoms with Gasteiger partial charge in [-0.05, 0) is 76.0 Å². The minimum Gasteiger partial charge on any atom is -0.481 e.